The van der Waals surface area contributed by atoms with Crippen LogP contribution in [-0.4, -0.2) is 26.7 Å². The molecule has 0 saturated heterocycles. The molecule has 3 aromatic carbocycles. The summed E-state index contributed by atoms with van der Waals surface area (Å²) in [5.41, 5.74) is 7.45. The van der Waals surface area contributed by atoms with Crippen molar-refractivity contribution in [2.45, 2.75) is 27.7 Å². The molecule has 0 radical (unpaired) electrons. The van der Waals surface area contributed by atoms with E-state index in [0.29, 0.717) is 29.5 Å². The number of methoxy groups -OCH3 is 2. The van der Waals surface area contributed by atoms with E-state index >= 15 is 0 Å². The molecule has 1 N–H and O–H groups in total. The van der Waals surface area contributed by atoms with Gasteiger partial charge in [-0.05, 0) is 62.6 Å². The minimum absolute atomic E-state index is 0.260. The van der Waals surface area contributed by atoms with Crippen LogP contribution in [-0.2, 0) is 4.79 Å². The fraction of sp³-hybridized carbons (Fsp3) is 0.233. The summed E-state index contributed by atoms with van der Waals surface area (Å²) in [6.07, 6.45) is 3.35. The van der Waals surface area contributed by atoms with Gasteiger partial charge in [-0.15, -0.1) is 0 Å². The number of fused-ring (bicyclic) bond motifs is 1. The smallest absolute Gasteiger partial charge is 0.248 e. The zero-order valence-corrected chi connectivity index (χ0v) is 21.5. The third-order valence-electron chi connectivity index (χ3n) is 6.07. The molecule has 4 aromatic rings. The Bertz CT molecular complexity index is 1450. The Balaban J connectivity index is 1.71. The van der Waals surface area contributed by atoms with Crippen molar-refractivity contribution in [2.24, 2.45) is 0 Å². The summed E-state index contributed by atoms with van der Waals surface area (Å²) in [7, 11) is 3.13. The minimum Gasteiger partial charge on any atom is -0.493 e. The maximum atomic E-state index is 12.9. The molecule has 1 heterocycles. The van der Waals surface area contributed by atoms with Crippen molar-refractivity contribution in [2.75, 3.05) is 26.1 Å². The Morgan fingerprint density at radius 2 is 1.72 bits per heavy atom. The molecule has 1 amide bonds. The number of hydrogen-bond donors (Lipinski definition) is 1. The normalized spacial score (nSPS) is 11.4. The van der Waals surface area contributed by atoms with Crippen LogP contribution in [0, 0.1) is 13.8 Å². The van der Waals surface area contributed by atoms with Gasteiger partial charge in [0.05, 0.1) is 27.1 Å². The second-order valence-corrected chi connectivity index (χ2v) is 8.63. The van der Waals surface area contributed by atoms with Crippen LogP contribution in [0.25, 0.3) is 27.7 Å². The van der Waals surface area contributed by atoms with Gasteiger partial charge in [-0.1, -0.05) is 23.8 Å². The first-order chi connectivity index (χ1) is 17.3. The molecule has 0 atom stereocenters. The lowest BCUT2D eigenvalue weighted by Gasteiger charge is -2.13. The quantitative estimate of drug-likeness (QED) is 0.268. The van der Waals surface area contributed by atoms with Gasteiger partial charge < -0.3 is 23.9 Å². The van der Waals surface area contributed by atoms with Crippen LogP contribution in [0.4, 0.5) is 5.69 Å². The van der Waals surface area contributed by atoms with Crippen molar-refractivity contribution in [3.05, 3.63) is 77.6 Å². The number of aryl methyl sites for hydroxylation is 2. The van der Waals surface area contributed by atoms with E-state index in [1.165, 1.54) is 11.1 Å². The van der Waals surface area contributed by atoms with E-state index in [1.54, 1.807) is 44.8 Å². The molecular weight excluding hydrogens is 454 g/mol. The number of amides is 1. The van der Waals surface area contributed by atoms with Crippen molar-refractivity contribution in [1.82, 2.24) is 0 Å². The Kier molecular flexibility index (Phi) is 7.34. The zero-order chi connectivity index (χ0) is 25.8. The maximum absolute atomic E-state index is 12.9. The molecule has 4 rings (SSSR count). The largest absolute Gasteiger partial charge is 0.493 e. The van der Waals surface area contributed by atoms with Gasteiger partial charge >= 0.3 is 0 Å². The molecule has 6 heteroatoms. The molecule has 0 aliphatic carbocycles. The lowest BCUT2D eigenvalue weighted by Crippen LogP contribution is -2.09. The van der Waals surface area contributed by atoms with E-state index < -0.39 is 0 Å². The molecular formula is C30H31NO5. The number of carbonyl (C=O) groups excluding carboxylic acids is 1. The van der Waals surface area contributed by atoms with Crippen LogP contribution in [0.15, 0.2) is 65.3 Å². The van der Waals surface area contributed by atoms with E-state index in [4.69, 9.17) is 18.6 Å². The highest BCUT2D eigenvalue weighted by Crippen LogP contribution is 2.38. The third-order valence-corrected chi connectivity index (χ3v) is 6.07. The average Bonchev–Trinajstić information content (AvgIpc) is 3.26. The highest BCUT2D eigenvalue weighted by Gasteiger charge is 2.16. The Morgan fingerprint density at radius 1 is 0.944 bits per heavy atom. The molecule has 186 valence electrons. The Morgan fingerprint density at radius 3 is 2.42 bits per heavy atom. The average molecular weight is 486 g/mol. The standard InChI is InChI=1S/C30H31NO5/c1-7-35-27-16-28-24(25(17-36-28)22-10-8-18(2)12-19(22)3)15-23(27)20(4)13-30(32)31-21-9-11-26(33-5)29(14-21)34-6/h8-17H,7H2,1-6H3,(H,31,32)/b20-13+. The van der Waals surface area contributed by atoms with E-state index in [2.05, 4.69) is 37.4 Å². The summed E-state index contributed by atoms with van der Waals surface area (Å²) in [6, 6.07) is 15.5. The van der Waals surface area contributed by atoms with Crippen LogP contribution in [0.5, 0.6) is 17.2 Å². The molecule has 0 aliphatic heterocycles. The number of ether oxygens (including phenoxy) is 3. The number of benzene rings is 3. The van der Waals surface area contributed by atoms with Crippen LogP contribution < -0.4 is 19.5 Å². The number of carbonyl (C=O) groups is 1. The third kappa shape index (κ3) is 5.08. The first kappa shape index (κ1) is 24.9. The van der Waals surface area contributed by atoms with Gasteiger partial charge in [0.2, 0.25) is 5.91 Å². The highest BCUT2D eigenvalue weighted by atomic mass is 16.5. The first-order valence-corrected chi connectivity index (χ1v) is 11.8. The van der Waals surface area contributed by atoms with Gasteiger partial charge in [-0.2, -0.15) is 0 Å². The van der Waals surface area contributed by atoms with E-state index in [9.17, 15) is 4.79 Å². The van der Waals surface area contributed by atoms with Crippen molar-refractivity contribution < 1.29 is 23.4 Å². The molecule has 6 nitrogen and oxygen atoms in total. The van der Waals surface area contributed by atoms with Gasteiger partial charge in [0.25, 0.3) is 0 Å². The lowest BCUT2D eigenvalue weighted by molar-refractivity contribution is -0.111. The number of rotatable bonds is 8. The molecule has 0 saturated carbocycles. The maximum Gasteiger partial charge on any atom is 0.248 e. The fourth-order valence-corrected chi connectivity index (χ4v) is 4.33. The molecule has 0 unspecified atom stereocenters. The van der Waals surface area contributed by atoms with Gasteiger partial charge in [0.15, 0.2) is 11.5 Å². The summed E-state index contributed by atoms with van der Waals surface area (Å²) in [4.78, 5) is 12.9. The molecule has 1 aromatic heterocycles. The van der Waals surface area contributed by atoms with Gasteiger partial charge in [-0.25, -0.2) is 0 Å². The van der Waals surface area contributed by atoms with Crippen LogP contribution in [0.2, 0.25) is 0 Å². The molecule has 0 spiro atoms. The topological polar surface area (TPSA) is 69.9 Å². The number of hydrogen-bond acceptors (Lipinski definition) is 5. The highest BCUT2D eigenvalue weighted by molar-refractivity contribution is 6.05. The molecule has 0 aliphatic rings. The Hall–Kier alpha value is -4.19. The summed E-state index contributed by atoms with van der Waals surface area (Å²) in [5.74, 6) is 1.54. The van der Waals surface area contributed by atoms with E-state index in [0.717, 1.165) is 33.2 Å². The Labute approximate surface area is 211 Å². The predicted molar refractivity (Wildman–Crippen MR) is 144 cm³/mol. The number of anilines is 1. The SMILES string of the molecule is CCOc1cc2occ(-c3ccc(C)cc3C)c2cc1/C(C)=C/C(=O)Nc1ccc(OC)c(OC)c1. The van der Waals surface area contributed by atoms with Crippen LogP contribution >= 0.6 is 0 Å². The second kappa shape index (κ2) is 10.6. The summed E-state index contributed by atoms with van der Waals surface area (Å²) >= 11 is 0. The van der Waals surface area contributed by atoms with Gasteiger partial charge in [-0.3, -0.25) is 4.79 Å². The fourth-order valence-electron chi connectivity index (χ4n) is 4.33. The summed E-state index contributed by atoms with van der Waals surface area (Å²) in [6.45, 7) is 8.50. The van der Waals surface area contributed by atoms with Crippen LogP contribution in [0.1, 0.15) is 30.5 Å². The van der Waals surface area contributed by atoms with Gasteiger partial charge in [0, 0.05) is 40.4 Å². The lowest BCUT2D eigenvalue weighted by atomic mass is 9.96. The molecule has 36 heavy (non-hydrogen) atoms. The number of furan rings is 1. The monoisotopic (exact) mass is 485 g/mol. The zero-order valence-electron chi connectivity index (χ0n) is 21.5. The van der Waals surface area contributed by atoms with Crippen molar-refractivity contribution in [3.63, 3.8) is 0 Å². The van der Waals surface area contributed by atoms with E-state index in [1.807, 2.05) is 26.0 Å². The minimum atomic E-state index is -0.260. The van der Waals surface area contributed by atoms with Crippen molar-refractivity contribution >= 4 is 28.1 Å². The molecule has 0 fully saturated rings. The molecule has 0 bridgehead atoms. The van der Waals surface area contributed by atoms with E-state index in [-0.39, 0.29) is 5.91 Å². The van der Waals surface area contributed by atoms with Crippen LogP contribution in [0.3, 0.4) is 0 Å². The summed E-state index contributed by atoms with van der Waals surface area (Å²) < 4.78 is 22.4. The summed E-state index contributed by atoms with van der Waals surface area (Å²) in [5, 5.41) is 3.86. The number of allylic oxidation sites excluding steroid dienone is 1. The number of nitrogens with one attached hydrogen (secondary N) is 1. The van der Waals surface area contributed by atoms with Gasteiger partial charge in [0.1, 0.15) is 11.3 Å². The first-order valence-electron chi connectivity index (χ1n) is 11.8. The van der Waals surface area contributed by atoms with Crippen molar-refractivity contribution in [3.8, 4) is 28.4 Å². The predicted octanol–water partition coefficient (Wildman–Crippen LogP) is 7.17. The van der Waals surface area contributed by atoms with Crippen molar-refractivity contribution in [1.29, 1.82) is 0 Å². The second-order valence-electron chi connectivity index (χ2n) is 8.63.